The molecule has 2 saturated heterocycles. The Labute approximate surface area is 178 Å². The van der Waals surface area contributed by atoms with E-state index in [9.17, 15) is 9.59 Å². The summed E-state index contributed by atoms with van der Waals surface area (Å²) in [7, 11) is 0. The molecular weight excluding hydrogens is 436 g/mol. The van der Waals surface area contributed by atoms with Gasteiger partial charge >= 0.3 is 0 Å². The number of likely N-dealkylation sites (tertiary alicyclic amines) is 1. The van der Waals surface area contributed by atoms with E-state index in [1.165, 1.54) is 0 Å². The topological polar surface area (TPSA) is 40.6 Å². The Morgan fingerprint density at radius 2 is 1.64 bits per heavy atom. The number of thioether (sulfide) groups is 1. The van der Waals surface area contributed by atoms with Crippen LogP contribution in [0.1, 0.15) is 39.1 Å². The van der Waals surface area contributed by atoms with Crippen molar-refractivity contribution in [1.29, 1.82) is 0 Å². The molecule has 1 spiro atoms. The highest BCUT2D eigenvalue weighted by Crippen LogP contribution is 2.44. The third-order valence-electron chi connectivity index (χ3n) is 5.66. The molecule has 0 aromatic heterocycles. The van der Waals surface area contributed by atoms with Gasteiger partial charge in [0.15, 0.2) is 0 Å². The van der Waals surface area contributed by atoms with E-state index in [0.717, 1.165) is 40.7 Å². The minimum absolute atomic E-state index is 0.0572. The molecule has 6 heteroatoms. The van der Waals surface area contributed by atoms with Crippen molar-refractivity contribution >= 4 is 39.5 Å². The van der Waals surface area contributed by atoms with Crippen molar-refractivity contribution in [3.63, 3.8) is 0 Å². The van der Waals surface area contributed by atoms with Gasteiger partial charge in [0.2, 0.25) is 0 Å². The lowest BCUT2D eigenvalue weighted by molar-refractivity contribution is 0.0497. The summed E-state index contributed by atoms with van der Waals surface area (Å²) in [4.78, 5) is 29.8. The zero-order valence-corrected chi connectivity index (χ0v) is 18.3. The lowest BCUT2D eigenvalue weighted by Gasteiger charge is -2.44. The first-order valence-corrected chi connectivity index (χ1v) is 11.3. The third kappa shape index (κ3) is 3.60. The Balaban J connectivity index is 1.48. The summed E-state index contributed by atoms with van der Waals surface area (Å²) >= 11 is 5.35. The number of benzene rings is 2. The van der Waals surface area contributed by atoms with Crippen LogP contribution < -0.4 is 0 Å². The van der Waals surface area contributed by atoms with Crippen LogP contribution in [0.2, 0.25) is 0 Å². The monoisotopic (exact) mass is 458 g/mol. The van der Waals surface area contributed by atoms with Gasteiger partial charge in [0, 0.05) is 35.4 Å². The van der Waals surface area contributed by atoms with Crippen molar-refractivity contribution in [3.05, 3.63) is 69.7 Å². The van der Waals surface area contributed by atoms with Gasteiger partial charge in [-0.25, -0.2) is 0 Å². The second-order valence-corrected chi connectivity index (χ2v) is 9.70. The van der Waals surface area contributed by atoms with Crippen molar-refractivity contribution in [2.45, 2.75) is 24.6 Å². The Bertz CT molecular complexity index is 892. The maximum Gasteiger partial charge on any atom is 0.255 e. The molecular formula is C22H23BrN2O2S. The number of rotatable bonds is 2. The number of nitrogens with zero attached hydrogens (tertiary/aromatic N) is 2. The molecule has 2 fully saturated rings. The fourth-order valence-electron chi connectivity index (χ4n) is 4.03. The van der Waals surface area contributed by atoms with Crippen molar-refractivity contribution in [1.82, 2.24) is 9.80 Å². The number of hydrogen-bond donors (Lipinski definition) is 0. The van der Waals surface area contributed by atoms with Crippen LogP contribution in [0.4, 0.5) is 0 Å². The molecule has 4 rings (SSSR count). The Kier molecular flexibility index (Phi) is 5.52. The van der Waals surface area contributed by atoms with E-state index in [-0.39, 0.29) is 16.7 Å². The molecule has 0 atom stereocenters. The van der Waals surface area contributed by atoms with Crippen LogP contribution in [0.25, 0.3) is 0 Å². The largest absolute Gasteiger partial charge is 0.338 e. The number of piperidine rings is 1. The van der Waals surface area contributed by atoms with E-state index in [0.29, 0.717) is 18.7 Å². The van der Waals surface area contributed by atoms with Crippen molar-refractivity contribution < 1.29 is 9.59 Å². The summed E-state index contributed by atoms with van der Waals surface area (Å²) in [6, 6.07) is 15.4. The standard InChI is InChI=1S/C22H23BrN2O2S/c1-16-6-8-17(9-7-16)20(26)25-14-15-28-22(25)10-12-24(13-11-22)21(27)18-4-2-3-5-19(18)23/h2-9H,10-15H2,1H3. The van der Waals surface area contributed by atoms with E-state index in [1.54, 1.807) is 0 Å². The van der Waals surface area contributed by atoms with Gasteiger partial charge in [0.05, 0.1) is 10.4 Å². The van der Waals surface area contributed by atoms with Gasteiger partial charge in [-0.1, -0.05) is 29.8 Å². The SMILES string of the molecule is Cc1ccc(C(=O)N2CCSC23CCN(C(=O)c2ccccc2Br)CC3)cc1. The highest BCUT2D eigenvalue weighted by atomic mass is 79.9. The van der Waals surface area contributed by atoms with Crippen molar-refractivity contribution in [3.8, 4) is 0 Å². The first-order valence-electron chi connectivity index (χ1n) is 9.57. The summed E-state index contributed by atoms with van der Waals surface area (Å²) in [5, 5.41) is 0. The van der Waals surface area contributed by atoms with Crippen LogP contribution in [0, 0.1) is 6.92 Å². The van der Waals surface area contributed by atoms with Gasteiger partial charge in [-0.3, -0.25) is 9.59 Å². The summed E-state index contributed by atoms with van der Waals surface area (Å²) in [6.07, 6.45) is 1.62. The summed E-state index contributed by atoms with van der Waals surface area (Å²) in [5.74, 6) is 1.12. The summed E-state index contributed by atoms with van der Waals surface area (Å²) in [6.45, 7) is 4.14. The molecule has 0 aliphatic carbocycles. The maximum atomic E-state index is 13.1. The smallest absolute Gasteiger partial charge is 0.255 e. The molecule has 2 aromatic carbocycles. The molecule has 0 saturated carbocycles. The molecule has 0 radical (unpaired) electrons. The minimum Gasteiger partial charge on any atom is -0.338 e. The lowest BCUT2D eigenvalue weighted by Crippen LogP contribution is -2.53. The van der Waals surface area contributed by atoms with Crippen LogP contribution in [-0.2, 0) is 0 Å². The first kappa shape index (κ1) is 19.5. The van der Waals surface area contributed by atoms with Gasteiger partial charge in [-0.05, 0) is 60.0 Å². The number of carbonyl (C=O) groups excluding carboxylic acids is 2. The number of carbonyl (C=O) groups is 2. The maximum absolute atomic E-state index is 13.1. The predicted octanol–water partition coefficient (Wildman–Crippen LogP) is 4.58. The van der Waals surface area contributed by atoms with Gasteiger partial charge in [-0.15, -0.1) is 11.8 Å². The Hall–Kier alpha value is -1.79. The number of aryl methyl sites for hydroxylation is 1. The zero-order valence-electron chi connectivity index (χ0n) is 15.9. The molecule has 0 bridgehead atoms. The molecule has 2 amide bonds. The second kappa shape index (κ2) is 7.91. The zero-order chi connectivity index (χ0) is 19.7. The highest BCUT2D eigenvalue weighted by Gasteiger charge is 2.47. The summed E-state index contributed by atoms with van der Waals surface area (Å²) < 4.78 is 0.826. The molecule has 0 unspecified atom stereocenters. The number of halogens is 1. The Morgan fingerprint density at radius 3 is 2.32 bits per heavy atom. The molecule has 0 N–H and O–H groups in total. The minimum atomic E-state index is -0.188. The lowest BCUT2D eigenvalue weighted by atomic mass is 10.00. The van der Waals surface area contributed by atoms with Crippen LogP contribution in [-0.4, -0.2) is 51.9 Å². The highest BCUT2D eigenvalue weighted by molar-refractivity contribution is 9.10. The van der Waals surface area contributed by atoms with Crippen molar-refractivity contribution in [2.24, 2.45) is 0 Å². The van der Waals surface area contributed by atoms with Crippen LogP contribution in [0.15, 0.2) is 53.0 Å². The summed E-state index contributed by atoms with van der Waals surface area (Å²) in [5.41, 5.74) is 2.60. The molecule has 2 aliphatic rings. The molecule has 146 valence electrons. The number of hydrogen-bond acceptors (Lipinski definition) is 3. The Morgan fingerprint density at radius 1 is 0.964 bits per heavy atom. The van der Waals surface area contributed by atoms with E-state index >= 15 is 0 Å². The van der Waals surface area contributed by atoms with Crippen LogP contribution in [0.3, 0.4) is 0 Å². The normalized spacial score (nSPS) is 18.5. The molecule has 2 aliphatic heterocycles. The van der Waals surface area contributed by atoms with Crippen LogP contribution in [0.5, 0.6) is 0 Å². The van der Waals surface area contributed by atoms with E-state index < -0.39 is 0 Å². The van der Waals surface area contributed by atoms with Gasteiger partial charge in [0.1, 0.15) is 0 Å². The second-order valence-electron chi connectivity index (χ2n) is 7.39. The van der Waals surface area contributed by atoms with Gasteiger partial charge in [0.25, 0.3) is 11.8 Å². The first-order chi connectivity index (χ1) is 13.5. The molecule has 28 heavy (non-hydrogen) atoms. The van der Waals surface area contributed by atoms with E-state index in [4.69, 9.17) is 0 Å². The quantitative estimate of drug-likeness (QED) is 0.660. The fourth-order valence-corrected chi connectivity index (χ4v) is 5.94. The van der Waals surface area contributed by atoms with Gasteiger partial charge in [-0.2, -0.15) is 0 Å². The average molecular weight is 459 g/mol. The van der Waals surface area contributed by atoms with Crippen molar-refractivity contribution in [2.75, 3.05) is 25.4 Å². The van der Waals surface area contributed by atoms with Crippen LogP contribution >= 0.6 is 27.7 Å². The van der Waals surface area contributed by atoms with E-state index in [2.05, 4.69) is 15.9 Å². The average Bonchev–Trinajstić information content (AvgIpc) is 3.11. The molecule has 2 aromatic rings. The third-order valence-corrected chi connectivity index (χ3v) is 7.90. The molecule has 4 nitrogen and oxygen atoms in total. The van der Waals surface area contributed by atoms with Gasteiger partial charge < -0.3 is 9.80 Å². The predicted molar refractivity (Wildman–Crippen MR) is 117 cm³/mol. The number of amides is 2. The fraction of sp³-hybridized carbons (Fsp3) is 0.364. The molecule has 2 heterocycles. The van der Waals surface area contributed by atoms with E-state index in [1.807, 2.05) is 77.0 Å².